The van der Waals surface area contributed by atoms with Gasteiger partial charge in [0.05, 0.1) is 17.1 Å². The van der Waals surface area contributed by atoms with E-state index in [0.717, 1.165) is 22.5 Å². The van der Waals surface area contributed by atoms with Crippen molar-refractivity contribution < 1.29 is 12.8 Å². The van der Waals surface area contributed by atoms with E-state index >= 15 is 0 Å². The summed E-state index contributed by atoms with van der Waals surface area (Å²) < 4.78 is 43.0. The molecule has 0 atom stereocenters. The number of hydrogen-bond acceptors (Lipinski definition) is 3. The summed E-state index contributed by atoms with van der Waals surface area (Å²) in [6.07, 6.45) is 3.80. The molecule has 0 aliphatic carbocycles. The fourth-order valence-corrected chi connectivity index (χ4v) is 4.26. The van der Waals surface area contributed by atoms with Crippen molar-refractivity contribution >= 4 is 21.4 Å². The smallest absolute Gasteiger partial charge is 0.236 e. The van der Waals surface area contributed by atoms with E-state index in [9.17, 15) is 12.8 Å². The van der Waals surface area contributed by atoms with E-state index in [-0.39, 0.29) is 5.75 Å². The van der Waals surface area contributed by atoms with Gasteiger partial charge in [-0.25, -0.2) is 17.8 Å². The van der Waals surface area contributed by atoms with Gasteiger partial charge in [0.25, 0.3) is 0 Å². The predicted octanol–water partition coefficient (Wildman–Crippen LogP) is 4.39. The molecule has 7 heteroatoms. The highest BCUT2D eigenvalue weighted by molar-refractivity contribution is 7.91. The van der Waals surface area contributed by atoms with Crippen LogP contribution in [0.15, 0.2) is 73.1 Å². The summed E-state index contributed by atoms with van der Waals surface area (Å²) in [6.45, 7) is 1.83. The van der Waals surface area contributed by atoms with Crippen LogP contribution >= 0.6 is 0 Å². The Morgan fingerprint density at radius 3 is 2.71 bits per heavy atom. The normalized spacial score (nSPS) is 11.6. The third-order valence-corrected chi connectivity index (χ3v) is 5.65. The van der Waals surface area contributed by atoms with E-state index in [1.165, 1.54) is 18.2 Å². The number of halogens is 1. The number of fused-ring (bicyclic) bond motifs is 1. The topological polar surface area (TPSA) is 63.5 Å². The van der Waals surface area contributed by atoms with Crippen molar-refractivity contribution in [1.29, 1.82) is 0 Å². The van der Waals surface area contributed by atoms with Gasteiger partial charge in [0.2, 0.25) is 10.0 Å². The molecule has 0 unspecified atom stereocenters. The van der Waals surface area contributed by atoms with Crippen molar-refractivity contribution in [3.8, 4) is 11.3 Å². The Bertz CT molecular complexity index is 1230. The second-order valence-corrected chi connectivity index (χ2v) is 8.34. The number of anilines is 1. The number of pyridine rings is 1. The molecule has 1 N–H and O–H groups in total. The molecule has 0 saturated carbocycles. The molecule has 142 valence electrons. The zero-order valence-corrected chi connectivity index (χ0v) is 15.9. The number of nitrogens with one attached hydrogen (secondary N) is 1. The second-order valence-electron chi connectivity index (χ2n) is 6.61. The van der Waals surface area contributed by atoms with Gasteiger partial charge >= 0.3 is 0 Å². The minimum absolute atomic E-state index is 0.303. The standard InChI is InChI=1S/C21H18FN3O2S/c1-15-8-9-17(20-13-25-10-3-2-7-21(25)23-20)12-19(15)24-28(26,27)14-16-5-4-6-18(22)11-16/h2-13,24H,14H2,1H3. The largest absolute Gasteiger partial charge is 0.306 e. The van der Waals surface area contributed by atoms with Crippen LogP contribution in [0.5, 0.6) is 0 Å². The molecule has 2 aromatic heterocycles. The van der Waals surface area contributed by atoms with Crippen LogP contribution in [-0.4, -0.2) is 17.8 Å². The highest BCUT2D eigenvalue weighted by Crippen LogP contribution is 2.26. The summed E-state index contributed by atoms with van der Waals surface area (Å²) in [6, 6.07) is 16.8. The number of hydrogen-bond donors (Lipinski definition) is 1. The SMILES string of the molecule is Cc1ccc(-c2cn3ccccc3n2)cc1NS(=O)(=O)Cc1cccc(F)c1. The van der Waals surface area contributed by atoms with Crippen molar-refractivity contribution in [3.05, 3.63) is 90.0 Å². The van der Waals surface area contributed by atoms with E-state index < -0.39 is 15.8 Å². The maximum absolute atomic E-state index is 13.3. The number of benzene rings is 2. The number of rotatable bonds is 5. The predicted molar refractivity (Wildman–Crippen MR) is 108 cm³/mol. The van der Waals surface area contributed by atoms with Crippen molar-refractivity contribution in [2.24, 2.45) is 0 Å². The van der Waals surface area contributed by atoms with Gasteiger partial charge in [-0.2, -0.15) is 0 Å². The maximum Gasteiger partial charge on any atom is 0.236 e. The summed E-state index contributed by atoms with van der Waals surface area (Å²) in [5.74, 6) is -0.763. The van der Waals surface area contributed by atoms with Crippen molar-refractivity contribution in [1.82, 2.24) is 9.38 Å². The van der Waals surface area contributed by atoms with E-state index in [1.807, 2.05) is 54.0 Å². The summed E-state index contributed by atoms with van der Waals surface area (Å²) >= 11 is 0. The average Bonchev–Trinajstić information content (AvgIpc) is 3.07. The first-order valence-electron chi connectivity index (χ1n) is 8.69. The molecule has 0 bridgehead atoms. The zero-order valence-electron chi connectivity index (χ0n) is 15.1. The minimum Gasteiger partial charge on any atom is -0.306 e. The molecule has 0 amide bonds. The third-order valence-electron chi connectivity index (χ3n) is 4.41. The first-order valence-corrected chi connectivity index (χ1v) is 10.3. The van der Waals surface area contributed by atoms with E-state index in [0.29, 0.717) is 11.3 Å². The quantitative estimate of drug-likeness (QED) is 0.545. The van der Waals surface area contributed by atoms with Crippen molar-refractivity contribution in [2.75, 3.05) is 4.72 Å². The minimum atomic E-state index is -3.69. The molecule has 5 nitrogen and oxygen atoms in total. The van der Waals surface area contributed by atoms with Crippen LogP contribution in [0.1, 0.15) is 11.1 Å². The Kier molecular flexibility index (Phi) is 4.60. The van der Waals surface area contributed by atoms with E-state index in [4.69, 9.17) is 0 Å². The Hall–Kier alpha value is -3.19. The molecule has 0 aliphatic heterocycles. The van der Waals surface area contributed by atoms with Gasteiger partial charge in [-0.3, -0.25) is 4.72 Å². The number of sulfonamides is 1. The van der Waals surface area contributed by atoms with Gasteiger partial charge in [0.15, 0.2) is 0 Å². The number of nitrogens with zero attached hydrogens (tertiary/aromatic N) is 2. The van der Waals surface area contributed by atoms with Crippen LogP contribution < -0.4 is 4.72 Å². The van der Waals surface area contributed by atoms with E-state index in [2.05, 4.69) is 9.71 Å². The fourth-order valence-electron chi connectivity index (χ4n) is 3.01. The summed E-state index contributed by atoms with van der Waals surface area (Å²) in [5, 5.41) is 0. The molecular weight excluding hydrogens is 377 g/mol. The fraction of sp³-hybridized carbons (Fsp3) is 0.0952. The Morgan fingerprint density at radius 1 is 1.07 bits per heavy atom. The highest BCUT2D eigenvalue weighted by Gasteiger charge is 2.15. The van der Waals surface area contributed by atoms with Gasteiger partial charge in [-0.15, -0.1) is 0 Å². The Balaban J connectivity index is 1.63. The van der Waals surface area contributed by atoms with Crippen LogP contribution in [0.4, 0.5) is 10.1 Å². The van der Waals surface area contributed by atoms with Crippen LogP contribution in [-0.2, 0) is 15.8 Å². The van der Waals surface area contributed by atoms with Gasteiger partial charge in [0.1, 0.15) is 11.5 Å². The molecular formula is C21H18FN3O2S. The van der Waals surface area contributed by atoms with Gasteiger partial charge < -0.3 is 4.40 Å². The second kappa shape index (κ2) is 7.09. The molecule has 4 rings (SSSR count). The maximum atomic E-state index is 13.3. The first-order chi connectivity index (χ1) is 13.4. The number of aromatic nitrogens is 2. The molecule has 0 fully saturated rings. The molecule has 2 heterocycles. The lowest BCUT2D eigenvalue weighted by atomic mass is 10.1. The number of imidazole rings is 1. The molecule has 0 radical (unpaired) electrons. The van der Waals surface area contributed by atoms with Crippen LogP contribution in [0.2, 0.25) is 0 Å². The molecule has 2 aromatic carbocycles. The van der Waals surface area contributed by atoms with Crippen LogP contribution in [0, 0.1) is 12.7 Å². The van der Waals surface area contributed by atoms with Gasteiger partial charge in [-0.1, -0.05) is 30.3 Å². The Labute approximate surface area is 162 Å². The van der Waals surface area contributed by atoms with Crippen molar-refractivity contribution in [2.45, 2.75) is 12.7 Å². The lowest BCUT2D eigenvalue weighted by Gasteiger charge is -2.12. The molecule has 0 spiro atoms. The first kappa shape index (κ1) is 18.2. The number of aryl methyl sites for hydroxylation is 1. The molecule has 0 saturated heterocycles. The lowest BCUT2D eigenvalue weighted by Crippen LogP contribution is -2.16. The molecule has 28 heavy (non-hydrogen) atoms. The van der Waals surface area contributed by atoms with Crippen LogP contribution in [0.3, 0.4) is 0 Å². The summed E-state index contributed by atoms with van der Waals surface area (Å²) in [5.41, 5.74) is 4.02. The van der Waals surface area contributed by atoms with Crippen LogP contribution in [0.25, 0.3) is 16.9 Å². The highest BCUT2D eigenvalue weighted by atomic mass is 32.2. The average molecular weight is 395 g/mol. The third kappa shape index (κ3) is 3.89. The monoisotopic (exact) mass is 395 g/mol. The van der Waals surface area contributed by atoms with Crippen molar-refractivity contribution in [3.63, 3.8) is 0 Å². The summed E-state index contributed by atoms with van der Waals surface area (Å²) in [7, 11) is -3.69. The van der Waals surface area contributed by atoms with E-state index in [1.54, 1.807) is 12.1 Å². The molecule has 0 aliphatic rings. The lowest BCUT2D eigenvalue weighted by molar-refractivity contribution is 0.599. The molecule has 4 aromatic rings. The van der Waals surface area contributed by atoms with Gasteiger partial charge in [0, 0.05) is 18.0 Å². The van der Waals surface area contributed by atoms with Gasteiger partial charge in [-0.05, 0) is 48.4 Å². The Morgan fingerprint density at radius 2 is 1.93 bits per heavy atom. The summed E-state index contributed by atoms with van der Waals surface area (Å²) in [4.78, 5) is 4.57. The zero-order chi connectivity index (χ0) is 19.7.